The average Bonchev–Trinajstić information content (AvgIpc) is 3.13. The molecule has 2 fully saturated rings. The Bertz CT molecular complexity index is 715. The van der Waals surface area contributed by atoms with Crippen LogP contribution in [0, 0.1) is 6.92 Å². The number of piperidine rings is 1. The first kappa shape index (κ1) is 14.8. The zero-order valence-electron chi connectivity index (χ0n) is 13.2. The fourth-order valence-electron chi connectivity index (χ4n) is 3.72. The molecule has 2 atom stereocenters. The van der Waals surface area contributed by atoms with Crippen molar-refractivity contribution in [2.75, 3.05) is 0 Å². The summed E-state index contributed by atoms with van der Waals surface area (Å²) in [5.74, 6) is 0.0337. The van der Waals surface area contributed by atoms with Crippen molar-refractivity contribution in [1.29, 1.82) is 0 Å². The van der Waals surface area contributed by atoms with Gasteiger partial charge < -0.3 is 10.6 Å². The Morgan fingerprint density at radius 3 is 2.78 bits per heavy atom. The molecule has 1 aromatic heterocycles. The minimum Gasteiger partial charge on any atom is -0.349 e. The van der Waals surface area contributed by atoms with Crippen LogP contribution in [0.1, 0.15) is 41.7 Å². The average molecular weight is 327 g/mol. The monoisotopic (exact) mass is 327 g/mol. The quantitative estimate of drug-likeness (QED) is 0.910. The van der Waals surface area contributed by atoms with Gasteiger partial charge in [0, 0.05) is 40.3 Å². The summed E-state index contributed by atoms with van der Waals surface area (Å²) in [5.41, 5.74) is 2.76. The Labute approximate surface area is 140 Å². The van der Waals surface area contributed by atoms with Gasteiger partial charge in [0.05, 0.1) is 0 Å². The molecule has 2 aliphatic heterocycles. The van der Waals surface area contributed by atoms with E-state index in [9.17, 15) is 4.79 Å². The first-order valence-corrected chi connectivity index (χ1v) is 9.15. The smallest absolute Gasteiger partial charge is 0.251 e. The van der Waals surface area contributed by atoms with E-state index >= 15 is 0 Å². The molecule has 2 bridgehead atoms. The number of nitrogens with one attached hydrogen (secondary N) is 2. The highest BCUT2D eigenvalue weighted by atomic mass is 32.1. The number of nitrogens with zero attached hydrogens (tertiary/aromatic N) is 1. The highest BCUT2D eigenvalue weighted by Gasteiger charge is 2.34. The van der Waals surface area contributed by atoms with Crippen LogP contribution in [0.4, 0.5) is 0 Å². The fourth-order valence-corrected chi connectivity index (χ4v) is 4.52. The number of aromatic nitrogens is 1. The van der Waals surface area contributed by atoms with Crippen molar-refractivity contribution in [3.8, 4) is 10.6 Å². The van der Waals surface area contributed by atoms with Gasteiger partial charge in [-0.05, 0) is 44.7 Å². The molecule has 0 spiro atoms. The summed E-state index contributed by atoms with van der Waals surface area (Å²) in [7, 11) is 0. The van der Waals surface area contributed by atoms with Gasteiger partial charge in [-0.2, -0.15) is 0 Å². The molecular weight excluding hydrogens is 306 g/mol. The van der Waals surface area contributed by atoms with Crippen molar-refractivity contribution in [1.82, 2.24) is 15.6 Å². The lowest BCUT2D eigenvalue weighted by atomic mass is 9.99. The molecule has 2 saturated heterocycles. The second-order valence-electron chi connectivity index (χ2n) is 6.65. The van der Waals surface area contributed by atoms with Crippen LogP contribution in [0.15, 0.2) is 29.6 Å². The van der Waals surface area contributed by atoms with Crippen molar-refractivity contribution in [2.45, 2.75) is 50.7 Å². The van der Waals surface area contributed by atoms with Gasteiger partial charge >= 0.3 is 0 Å². The van der Waals surface area contributed by atoms with E-state index < -0.39 is 0 Å². The molecule has 2 aliphatic rings. The highest BCUT2D eigenvalue weighted by molar-refractivity contribution is 7.13. The third-order valence-electron chi connectivity index (χ3n) is 4.80. The summed E-state index contributed by atoms with van der Waals surface area (Å²) in [6.07, 6.45) is 4.59. The van der Waals surface area contributed by atoms with Crippen LogP contribution in [0.25, 0.3) is 10.6 Å². The fraction of sp³-hybridized carbons (Fsp3) is 0.444. The summed E-state index contributed by atoms with van der Waals surface area (Å²) < 4.78 is 0. The van der Waals surface area contributed by atoms with E-state index in [1.54, 1.807) is 11.3 Å². The molecule has 2 aromatic rings. The third kappa shape index (κ3) is 3.16. The number of rotatable bonds is 3. The Balaban J connectivity index is 1.48. The number of fused-ring (bicyclic) bond motifs is 2. The molecule has 23 heavy (non-hydrogen) atoms. The van der Waals surface area contributed by atoms with Gasteiger partial charge in [0.1, 0.15) is 5.01 Å². The first-order valence-electron chi connectivity index (χ1n) is 8.27. The summed E-state index contributed by atoms with van der Waals surface area (Å²) in [6, 6.07) is 9.25. The number of hydrogen-bond acceptors (Lipinski definition) is 4. The maximum Gasteiger partial charge on any atom is 0.251 e. The SMILES string of the molecule is Cc1csc(-c2cccc(C(=O)NC3CC4CCC(C3)N4)c2)n1. The summed E-state index contributed by atoms with van der Waals surface area (Å²) in [6.45, 7) is 1.99. The molecule has 2 unspecified atom stereocenters. The molecule has 4 rings (SSSR count). The zero-order valence-corrected chi connectivity index (χ0v) is 14.0. The van der Waals surface area contributed by atoms with Gasteiger partial charge in [0.2, 0.25) is 0 Å². The molecule has 120 valence electrons. The highest BCUT2D eigenvalue weighted by Crippen LogP contribution is 2.27. The molecule has 0 aliphatic carbocycles. The number of thiazole rings is 1. The van der Waals surface area contributed by atoms with E-state index in [-0.39, 0.29) is 5.91 Å². The van der Waals surface area contributed by atoms with Crippen LogP contribution in [0.5, 0.6) is 0 Å². The minimum absolute atomic E-state index is 0.0337. The number of carbonyl (C=O) groups is 1. The predicted octanol–water partition coefficient (Wildman–Crippen LogP) is 3.13. The second-order valence-corrected chi connectivity index (χ2v) is 7.51. The van der Waals surface area contributed by atoms with Crippen molar-refractivity contribution < 1.29 is 4.79 Å². The second kappa shape index (κ2) is 6.06. The topological polar surface area (TPSA) is 54.0 Å². The van der Waals surface area contributed by atoms with Crippen molar-refractivity contribution in [2.24, 2.45) is 0 Å². The van der Waals surface area contributed by atoms with Gasteiger partial charge in [-0.15, -0.1) is 11.3 Å². The van der Waals surface area contributed by atoms with Crippen molar-refractivity contribution in [3.05, 3.63) is 40.9 Å². The van der Waals surface area contributed by atoms with E-state index in [4.69, 9.17) is 0 Å². The van der Waals surface area contributed by atoms with E-state index in [0.717, 1.165) is 34.7 Å². The molecule has 4 nitrogen and oxygen atoms in total. The molecule has 5 heteroatoms. The van der Waals surface area contributed by atoms with Crippen LogP contribution in [0.3, 0.4) is 0 Å². The van der Waals surface area contributed by atoms with E-state index in [1.807, 2.05) is 36.6 Å². The van der Waals surface area contributed by atoms with Gasteiger partial charge in [0.15, 0.2) is 0 Å². The van der Waals surface area contributed by atoms with E-state index in [2.05, 4.69) is 15.6 Å². The summed E-state index contributed by atoms with van der Waals surface area (Å²) in [4.78, 5) is 17.1. The largest absolute Gasteiger partial charge is 0.349 e. The standard InChI is InChI=1S/C18H21N3OS/c1-11-10-23-18(19-11)13-4-2-3-12(7-13)17(22)21-16-8-14-5-6-15(9-16)20-14/h2-4,7,10,14-16,20H,5-6,8-9H2,1H3,(H,21,22). The Morgan fingerprint density at radius 2 is 2.09 bits per heavy atom. The lowest BCUT2D eigenvalue weighted by Gasteiger charge is -2.29. The molecule has 0 radical (unpaired) electrons. The molecule has 3 heterocycles. The number of amides is 1. The van der Waals surface area contributed by atoms with E-state index in [0.29, 0.717) is 18.1 Å². The zero-order chi connectivity index (χ0) is 15.8. The van der Waals surface area contributed by atoms with Crippen LogP contribution >= 0.6 is 11.3 Å². The minimum atomic E-state index is 0.0337. The third-order valence-corrected chi connectivity index (χ3v) is 5.81. The lowest BCUT2D eigenvalue weighted by Crippen LogP contribution is -2.48. The maximum atomic E-state index is 12.6. The predicted molar refractivity (Wildman–Crippen MR) is 92.7 cm³/mol. The molecule has 1 amide bonds. The number of carbonyl (C=O) groups excluding carboxylic acids is 1. The van der Waals surface area contributed by atoms with Crippen molar-refractivity contribution in [3.63, 3.8) is 0 Å². The number of hydrogen-bond donors (Lipinski definition) is 2. The van der Waals surface area contributed by atoms with Gasteiger partial charge in [0.25, 0.3) is 5.91 Å². The van der Waals surface area contributed by atoms with Crippen LogP contribution < -0.4 is 10.6 Å². The van der Waals surface area contributed by atoms with Crippen molar-refractivity contribution >= 4 is 17.2 Å². The molecule has 2 N–H and O–H groups in total. The van der Waals surface area contributed by atoms with Gasteiger partial charge in [-0.25, -0.2) is 4.98 Å². The first-order chi connectivity index (χ1) is 11.2. The van der Waals surface area contributed by atoms with Crippen LogP contribution in [0.2, 0.25) is 0 Å². The number of aryl methyl sites for hydroxylation is 1. The van der Waals surface area contributed by atoms with Crippen LogP contribution in [-0.4, -0.2) is 29.0 Å². The molecule has 1 aromatic carbocycles. The Kier molecular flexibility index (Phi) is 3.91. The Hall–Kier alpha value is -1.72. The summed E-state index contributed by atoms with van der Waals surface area (Å²) >= 11 is 1.62. The van der Waals surface area contributed by atoms with Gasteiger partial charge in [-0.3, -0.25) is 4.79 Å². The number of benzene rings is 1. The van der Waals surface area contributed by atoms with Crippen LogP contribution in [-0.2, 0) is 0 Å². The lowest BCUT2D eigenvalue weighted by molar-refractivity contribution is 0.0924. The molecular formula is C18H21N3OS. The summed E-state index contributed by atoms with van der Waals surface area (Å²) in [5, 5.41) is 9.84. The van der Waals surface area contributed by atoms with E-state index in [1.165, 1.54) is 12.8 Å². The Morgan fingerprint density at radius 1 is 1.30 bits per heavy atom. The maximum absolute atomic E-state index is 12.6. The molecule has 0 saturated carbocycles. The normalized spacial score (nSPS) is 26.2. The van der Waals surface area contributed by atoms with Gasteiger partial charge in [-0.1, -0.05) is 12.1 Å².